The third kappa shape index (κ3) is 1.83. The lowest BCUT2D eigenvalue weighted by Crippen LogP contribution is -2.31. The molecule has 1 rings (SSSR count). The topological polar surface area (TPSA) is 34.1 Å². The van der Waals surface area contributed by atoms with E-state index < -0.39 is 10.9 Å². The Balaban J connectivity index is 2.70. The van der Waals surface area contributed by atoms with Crippen molar-refractivity contribution >= 4 is 22.3 Å². The Bertz CT molecular complexity index is 187. The standard InChI is InChI=1S/C8H14O2S/c1-8(2)4-3-7(10)5-11(8)6-9/h6,11H,3-5H2,1-2H3. The van der Waals surface area contributed by atoms with Crippen molar-refractivity contribution in [2.45, 2.75) is 31.4 Å². The first kappa shape index (κ1) is 8.78. The minimum Gasteiger partial charge on any atom is -0.299 e. The predicted octanol–water partition coefficient (Wildman–Crippen LogP) is 1.32. The number of thiol groups is 1. The summed E-state index contributed by atoms with van der Waals surface area (Å²) >= 11 is 0. The van der Waals surface area contributed by atoms with Gasteiger partial charge in [-0.25, -0.2) is 0 Å². The van der Waals surface area contributed by atoms with E-state index in [0.717, 1.165) is 12.0 Å². The summed E-state index contributed by atoms with van der Waals surface area (Å²) in [7, 11) is -0.682. The molecule has 1 aliphatic heterocycles. The third-order valence-corrected chi connectivity index (χ3v) is 4.99. The average Bonchev–Trinajstić information content (AvgIpc) is 1.94. The van der Waals surface area contributed by atoms with E-state index in [1.54, 1.807) is 0 Å². The fourth-order valence-electron chi connectivity index (χ4n) is 1.25. The monoisotopic (exact) mass is 174 g/mol. The summed E-state index contributed by atoms with van der Waals surface area (Å²) in [5.74, 6) is 0.786. The summed E-state index contributed by atoms with van der Waals surface area (Å²) in [6.07, 6.45) is 1.55. The van der Waals surface area contributed by atoms with Gasteiger partial charge in [0.05, 0.1) is 0 Å². The Morgan fingerprint density at radius 3 is 2.64 bits per heavy atom. The van der Waals surface area contributed by atoms with E-state index >= 15 is 0 Å². The van der Waals surface area contributed by atoms with Gasteiger partial charge in [0, 0.05) is 12.2 Å². The van der Waals surface area contributed by atoms with Crippen LogP contribution in [0.2, 0.25) is 0 Å². The van der Waals surface area contributed by atoms with Crippen LogP contribution in [0.4, 0.5) is 0 Å². The van der Waals surface area contributed by atoms with Gasteiger partial charge in [-0.3, -0.25) is 9.59 Å². The highest BCUT2D eigenvalue weighted by molar-refractivity contribution is 8.29. The molecule has 0 aliphatic carbocycles. The summed E-state index contributed by atoms with van der Waals surface area (Å²) in [4.78, 5) is 21.6. The number of rotatable bonds is 1. The summed E-state index contributed by atoms with van der Waals surface area (Å²) in [5.41, 5.74) is 0.992. The van der Waals surface area contributed by atoms with Crippen molar-refractivity contribution in [1.82, 2.24) is 0 Å². The van der Waals surface area contributed by atoms with Crippen molar-refractivity contribution in [3.63, 3.8) is 0 Å². The highest BCUT2D eigenvalue weighted by Gasteiger charge is 2.32. The van der Waals surface area contributed by atoms with Crippen LogP contribution in [0.1, 0.15) is 26.7 Å². The van der Waals surface area contributed by atoms with Crippen molar-refractivity contribution in [2.24, 2.45) is 0 Å². The van der Waals surface area contributed by atoms with Crippen LogP contribution in [-0.2, 0) is 9.59 Å². The van der Waals surface area contributed by atoms with Gasteiger partial charge in [-0.15, -0.1) is 0 Å². The quantitative estimate of drug-likeness (QED) is 0.480. The third-order valence-electron chi connectivity index (χ3n) is 2.27. The largest absolute Gasteiger partial charge is 0.299 e. The fourth-order valence-corrected chi connectivity index (χ4v) is 2.98. The van der Waals surface area contributed by atoms with Gasteiger partial charge >= 0.3 is 0 Å². The van der Waals surface area contributed by atoms with E-state index in [2.05, 4.69) is 13.8 Å². The van der Waals surface area contributed by atoms with Gasteiger partial charge in [0.2, 0.25) is 0 Å². The molecule has 1 unspecified atom stereocenters. The smallest absolute Gasteiger partial charge is 0.157 e. The molecule has 11 heavy (non-hydrogen) atoms. The fraction of sp³-hybridized carbons (Fsp3) is 0.750. The van der Waals surface area contributed by atoms with Crippen LogP contribution in [0.5, 0.6) is 0 Å². The van der Waals surface area contributed by atoms with Crippen molar-refractivity contribution in [3.8, 4) is 0 Å². The molecular weight excluding hydrogens is 160 g/mol. The van der Waals surface area contributed by atoms with Gasteiger partial charge in [-0.05, 0) is 11.2 Å². The summed E-state index contributed by atoms with van der Waals surface area (Å²) in [6, 6.07) is 0. The van der Waals surface area contributed by atoms with Gasteiger partial charge in [0.15, 0.2) is 5.62 Å². The Kier molecular flexibility index (Phi) is 2.37. The maximum Gasteiger partial charge on any atom is 0.157 e. The molecule has 1 aliphatic rings. The number of carbonyl (C=O) groups is 2. The molecule has 0 spiro atoms. The number of carbonyl (C=O) groups excluding carboxylic acids is 2. The van der Waals surface area contributed by atoms with Crippen LogP contribution < -0.4 is 0 Å². The molecule has 3 heteroatoms. The molecule has 1 atom stereocenters. The second kappa shape index (κ2) is 2.97. The lowest BCUT2D eigenvalue weighted by Gasteiger charge is -2.37. The molecule has 1 saturated heterocycles. The second-order valence-corrected chi connectivity index (χ2v) is 6.26. The van der Waals surface area contributed by atoms with Gasteiger partial charge in [0.1, 0.15) is 5.78 Å². The Morgan fingerprint density at radius 1 is 1.55 bits per heavy atom. The molecule has 1 heterocycles. The Hall–Kier alpha value is -0.310. The molecular formula is C8H14O2S. The van der Waals surface area contributed by atoms with Gasteiger partial charge in [-0.1, -0.05) is 13.8 Å². The van der Waals surface area contributed by atoms with Crippen LogP contribution in [0.3, 0.4) is 0 Å². The first-order chi connectivity index (χ1) is 5.06. The maximum atomic E-state index is 11.0. The van der Waals surface area contributed by atoms with Gasteiger partial charge < -0.3 is 0 Å². The average molecular weight is 174 g/mol. The lowest BCUT2D eigenvalue weighted by atomic mass is 10.0. The molecule has 0 amide bonds. The minimum atomic E-state index is -0.682. The van der Waals surface area contributed by atoms with Crippen molar-refractivity contribution < 1.29 is 9.59 Å². The molecule has 64 valence electrons. The Morgan fingerprint density at radius 2 is 2.18 bits per heavy atom. The van der Waals surface area contributed by atoms with Crippen molar-refractivity contribution in [3.05, 3.63) is 0 Å². The maximum absolute atomic E-state index is 11.0. The van der Waals surface area contributed by atoms with E-state index in [4.69, 9.17) is 0 Å². The zero-order valence-electron chi connectivity index (χ0n) is 6.96. The summed E-state index contributed by atoms with van der Waals surface area (Å²) < 4.78 is 0.102. The minimum absolute atomic E-state index is 0.102. The molecule has 0 N–H and O–H groups in total. The Labute approximate surface area is 69.7 Å². The SMILES string of the molecule is CC1(C)CCC(=O)C[SH]1C=O. The molecule has 0 aromatic carbocycles. The van der Waals surface area contributed by atoms with E-state index in [-0.39, 0.29) is 10.5 Å². The summed E-state index contributed by atoms with van der Waals surface area (Å²) in [6.45, 7) is 4.17. The number of hydrogen-bond donors (Lipinski definition) is 1. The van der Waals surface area contributed by atoms with Crippen LogP contribution in [0.15, 0.2) is 0 Å². The van der Waals surface area contributed by atoms with Crippen LogP contribution >= 0.6 is 10.9 Å². The molecule has 0 aromatic heterocycles. The van der Waals surface area contributed by atoms with E-state index in [9.17, 15) is 9.59 Å². The molecule has 0 bridgehead atoms. The van der Waals surface area contributed by atoms with Gasteiger partial charge in [0.25, 0.3) is 0 Å². The van der Waals surface area contributed by atoms with E-state index in [0.29, 0.717) is 12.2 Å². The predicted molar refractivity (Wildman–Crippen MR) is 48.9 cm³/mol. The molecule has 1 fully saturated rings. The molecule has 2 nitrogen and oxygen atoms in total. The van der Waals surface area contributed by atoms with Crippen LogP contribution in [-0.4, -0.2) is 21.9 Å². The second-order valence-electron chi connectivity index (χ2n) is 3.58. The number of Topliss-reactive ketones (excluding diaryl/α,β-unsaturated/α-hetero) is 1. The zero-order chi connectivity index (χ0) is 8.48. The van der Waals surface area contributed by atoms with E-state index in [1.165, 1.54) is 0 Å². The first-order valence-corrected chi connectivity index (χ1v) is 5.39. The highest BCUT2D eigenvalue weighted by atomic mass is 32.2. The van der Waals surface area contributed by atoms with E-state index in [1.807, 2.05) is 0 Å². The number of ketones is 1. The molecule has 0 saturated carbocycles. The van der Waals surface area contributed by atoms with Gasteiger partial charge in [-0.2, -0.15) is 10.9 Å². The molecule has 0 radical (unpaired) electrons. The van der Waals surface area contributed by atoms with Crippen LogP contribution in [0.25, 0.3) is 0 Å². The van der Waals surface area contributed by atoms with Crippen LogP contribution in [0, 0.1) is 0 Å². The van der Waals surface area contributed by atoms with Crippen molar-refractivity contribution in [1.29, 1.82) is 0 Å². The number of hydrogen-bond acceptors (Lipinski definition) is 2. The zero-order valence-corrected chi connectivity index (χ0v) is 7.86. The van der Waals surface area contributed by atoms with Crippen molar-refractivity contribution in [2.75, 3.05) is 5.75 Å². The normalized spacial score (nSPS) is 33.3. The highest BCUT2D eigenvalue weighted by Crippen LogP contribution is 2.44. The summed E-state index contributed by atoms with van der Waals surface area (Å²) in [5, 5.41) is 0. The lowest BCUT2D eigenvalue weighted by molar-refractivity contribution is -0.117. The molecule has 0 aromatic rings. The first-order valence-electron chi connectivity index (χ1n) is 3.80.